The summed E-state index contributed by atoms with van der Waals surface area (Å²) in [4.78, 5) is 31.0. The number of carbonyl (C=O) groups is 2. The van der Waals surface area contributed by atoms with Crippen LogP contribution in [0.2, 0.25) is 5.02 Å². The van der Waals surface area contributed by atoms with Gasteiger partial charge in [0.2, 0.25) is 5.91 Å². The molecule has 1 fully saturated rings. The van der Waals surface area contributed by atoms with Crippen molar-refractivity contribution in [2.24, 2.45) is 7.05 Å². The predicted octanol–water partition coefficient (Wildman–Crippen LogP) is 2.94. The van der Waals surface area contributed by atoms with Crippen LogP contribution in [0.15, 0.2) is 55.0 Å². The van der Waals surface area contributed by atoms with E-state index < -0.39 is 0 Å². The van der Waals surface area contributed by atoms with E-state index in [0.29, 0.717) is 35.1 Å². The standard InChI is InChI=1S/C20H19ClN6O2/c1-26-12-16(11-23-26)27-8-7-17(20(27)29)25-18-6-5-13(10-22-18)19(28)24-15-4-2-3-14(21)9-15/h2-6,9-12,17H,7-8H2,1H3,(H,22,25)(H,24,28). The van der Waals surface area contributed by atoms with Gasteiger partial charge in [-0.05, 0) is 36.8 Å². The Morgan fingerprint density at radius 2 is 2.10 bits per heavy atom. The Hall–Kier alpha value is -3.39. The third-order valence-electron chi connectivity index (χ3n) is 4.64. The number of nitrogens with zero attached hydrogens (tertiary/aromatic N) is 4. The van der Waals surface area contributed by atoms with Crippen molar-refractivity contribution in [3.05, 3.63) is 65.6 Å². The first kappa shape index (κ1) is 18.9. The average Bonchev–Trinajstić information content (AvgIpc) is 3.28. The second-order valence-corrected chi connectivity index (χ2v) is 7.18. The minimum Gasteiger partial charge on any atom is -0.358 e. The fraction of sp³-hybridized carbons (Fsp3) is 0.200. The van der Waals surface area contributed by atoms with Crippen LogP contribution in [-0.2, 0) is 11.8 Å². The molecular formula is C20H19ClN6O2. The second kappa shape index (κ2) is 7.92. The summed E-state index contributed by atoms with van der Waals surface area (Å²) in [5.41, 5.74) is 1.80. The fourth-order valence-corrected chi connectivity index (χ4v) is 3.37. The van der Waals surface area contributed by atoms with Crippen LogP contribution >= 0.6 is 11.6 Å². The Morgan fingerprint density at radius 1 is 1.24 bits per heavy atom. The molecule has 8 nitrogen and oxygen atoms in total. The molecule has 1 aromatic carbocycles. The summed E-state index contributed by atoms with van der Waals surface area (Å²) in [5, 5.41) is 10.6. The van der Waals surface area contributed by atoms with Gasteiger partial charge < -0.3 is 15.5 Å². The van der Waals surface area contributed by atoms with Gasteiger partial charge in [-0.2, -0.15) is 5.10 Å². The fourth-order valence-electron chi connectivity index (χ4n) is 3.18. The van der Waals surface area contributed by atoms with E-state index in [9.17, 15) is 9.59 Å². The zero-order chi connectivity index (χ0) is 20.4. The van der Waals surface area contributed by atoms with Crippen LogP contribution in [0, 0.1) is 0 Å². The highest BCUT2D eigenvalue weighted by Crippen LogP contribution is 2.23. The summed E-state index contributed by atoms with van der Waals surface area (Å²) in [6, 6.07) is 9.90. The molecule has 3 aromatic rings. The molecule has 3 heterocycles. The lowest BCUT2D eigenvalue weighted by atomic mass is 10.2. The molecule has 0 spiro atoms. The van der Waals surface area contributed by atoms with Gasteiger partial charge in [-0.15, -0.1) is 0 Å². The van der Waals surface area contributed by atoms with Gasteiger partial charge in [-0.3, -0.25) is 14.3 Å². The molecule has 29 heavy (non-hydrogen) atoms. The van der Waals surface area contributed by atoms with Gasteiger partial charge in [0.25, 0.3) is 5.91 Å². The number of aromatic nitrogens is 3. The Kier molecular flexibility index (Phi) is 5.18. The number of nitrogens with one attached hydrogen (secondary N) is 2. The lowest BCUT2D eigenvalue weighted by Gasteiger charge is -2.15. The lowest BCUT2D eigenvalue weighted by Crippen LogP contribution is -2.33. The van der Waals surface area contributed by atoms with Crippen molar-refractivity contribution in [3.8, 4) is 0 Å². The molecule has 1 atom stereocenters. The minimum absolute atomic E-state index is 0.0254. The Morgan fingerprint density at radius 3 is 2.79 bits per heavy atom. The van der Waals surface area contributed by atoms with Crippen LogP contribution in [-0.4, -0.2) is 39.2 Å². The first-order valence-electron chi connectivity index (χ1n) is 9.09. The van der Waals surface area contributed by atoms with E-state index in [-0.39, 0.29) is 17.9 Å². The molecule has 2 N–H and O–H groups in total. The summed E-state index contributed by atoms with van der Waals surface area (Å²) in [6.07, 6.45) is 5.62. The van der Waals surface area contributed by atoms with Crippen LogP contribution in [0.5, 0.6) is 0 Å². The number of amides is 2. The van der Waals surface area contributed by atoms with Gasteiger partial charge in [-0.25, -0.2) is 4.98 Å². The van der Waals surface area contributed by atoms with Crippen LogP contribution in [0.25, 0.3) is 0 Å². The largest absolute Gasteiger partial charge is 0.358 e. The number of rotatable bonds is 5. The van der Waals surface area contributed by atoms with Gasteiger partial charge in [-0.1, -0.05) is 17.7 Å². The molecule has 148 valence electrons. The molecule has 0 bridgehead atoms. The molecule has 0 radical (unpaired) electrons. The Bertz CT molecular complexity index is 1050. The summed E-state index contributed by atoms with van der Waals surface area (Å²) >= 11 is 5.93. The zero-order valence-corrected chi connectivity index (χ0v) is 16.4. The number of hydrogen-bond donors (Lipinski definition) is 2. The van der Waals surface area contributed by atoms with Crippen LogP contribution < -0.4 is 15.5 Å². The molecule has 0 aliphatic carbocycles. The van der Waals surface area contributed by atoms with Crippen molar-refractivity contribution in [2.75, 3.05) is 22.1 Å². The maximum Gasteiger partial charge on any atom is 0.257 e. The summed E-state index contributed by atoms with van der Waals surface area (Å²) in [7, 11) is 1.81. The summed E-state index contributed by atoms with van der Waals surface area (Å²) in [5.74, 6) is 0.226. The van der Waals surface area contributed by atoms with Crippen molar-refractivity contribution in [2.45, 2.75) is 12.5 Å². The number of pyridine rings is 1. The minimum atomic E-state index is -0.367. The topological polar surface area (TPSA) is 92.1 Å². The van der Waals surface area contributed by atoms with Crippen molar-refractivity contribution in [1.29, 1.82) is 0 Å². The first-order chi connectivity index (χ1) is 14.0. The Balaban J connectivity index is 1.38. The number of benzene rings is 1. The molecule has 2 aromatic heterocycles. The van der Waals surface area contributed by atoms with E-state index in [0.717, 1.165) is 5.69 Å². The molecular weight excluding hydrogens is 392 g/mol. The summed E-state index contributed by atoms with van der Waals surface area (Å²) < 4.78 is 1.66. The molecule has 1 aliphatic rings. The molecule has 2 amide bonds. The molecule has 1 saturated heterocycles. The second-order valence-electron chi connectivity index (χ2n) is 6.74. The van der Waals surface area contributed by atoms with Gasteiger partial charge >= 0.3 is 0 Å². The van der Waals surface area contributed by atoms with Crippen molar-refractivity contribution in [1.82, 2.24) is 14.8 Å². The van der Waals surface area contributed by atoms with Gasteiger partial charge in [0, 0.05) is 36.7 Å². The van der Waals surface area contributed by atoms with E-state index in [1.165, 1.54) is 6.20 Å². The number of aryl methyl sites for hydroxylation is 1. The summed E-state index contributed by atoms with van der Waals surface area (Å²) in [6.45, 7) is 0.613. The van der Waals surface area contributed by atoms with Crippen molar-refractivity contribution in [3.63, 3.8) is 0 Å². The van der Waals surface area contributed by atoms with Gasteiger partial charge in [0.05, 0.1) is 17.4 Å². The van der Waals surface area contributed by atoms with E-state index in [1.54, 1.807) is 52.2 Å². The molecule has 1 aliphatic heterocycles. The van der Waals surface area contributed by atoms with Crippen LogP contribution in [0.1, 0.15) is 16.8 Å². The lowest BCUT2D eigenvalue weighted by molar-refractivity contribution is -0.117. The smallest absolute Gasteiger partial charge is 0.257 e. The third-order valence-corrected chi connectivity index (χ3v) is 4.87. The maximum atomic E-state index is 12.6. The SMILES string of the molecule is Cn1cc(N2CCC(Nc3ccc(C(=O)Nc4cccc(Cl)c4)cn3)C2=O)cn1. The predicted molar refractivity (Wildman–Crippen MR) is 111 cm³/mol. The average molecular weight is 411 g/mol. The van der Waals surface area contributed by atoms with Crippen LogP contribution in [0.3, 0.4) is 0 Å². The highest BCUT2D eigenvalue weighted by Gasteiger charge is 2.33. The normalized spacial score (nSPS) is 16.1. The maximum absolute atomic E-state index is 12.6. The van der Waals surface area contributed by atoms with Crippen molar-refractivity contribution >= 4 is 40.6 Å². The molecule has 9 heteroatoms. The van der Waals surface area contributed by atoms with Gasteiger partial charge in [0.1, 0.15) is 11.9 Å². The van der Waals surface area contributed by atoms with Crippen LogP contribution in [0.4, 0.5) is 17.2 Å². The quantitative estimate of drug-likeness (QED) is 0.674. The van der Waals surface area contributed by atoms with E-state index in [2.05, 4.69) is 20.7 Å². The molecule has 4 rings (SSSR count). The monoisotopic (exact) mass is 410 g/mol. The molecule has 0 saturated carbocycles. The molecule has 1 unspecified atom stereocenters. The third kappa shape index (κ3) is 4.22. The highest BCUT2D eigenvalue weighted by atomic mass is 35.5. The number of halogens is 1. The van der Waals surface area contributed by atoms with E-state index >= 15 is 0 Å². The number of hydrogen-bond acceptors (Lipinski definition) is 5. The number of anilines is 3. The Labute approximate surface area is 172 Å². The highest BCUT2D eigenvalue weighted by molar-refractivity contribution is 6.31. The van der Waals surface area contributed by atoms with E-state index in [4.69, 9.17) is 11.6 Å². The van der Waals surface area contributed by atoms with Gasteiger partial charge in [0.15, 0.2) is 0 Å². The van der Waals surface area contributed by atoms with Crippen molar-refractivity contribution < 1.29 is 9.59 Å². The first-order valence-corrected chi connectivity index (χ1v) is 9.47. The zero-order valence-electron chi connectivity index (χ0n) is 15.7. The number of carbonyl (C=O) groups excluding carboxylic acids is 2. The van der Waals surface area contributed by atoms with E-state index in [1.807, 2.05) is 13.2 Å².